The summed E-state index contributed by atoms with van der Waals surface area (Å²) in [6, 6.07) is -1.01. The number of hydrogen-bond acceptors (Lipinski definition) is 2. The van der Waals surface area contributed by atoms with Gasteiger partial charge in [0.1, 0.15) is 6.04 Å². The largest absolute Gasteiger partial charge is 0.480 e. The first-order chi connectivity index (χ1) is 7.93. The number of carbonyl (C=O) groups excluding carboxylic acids is 1. The molecule has 0 rings (SSSR count). The highest BCUT2D eigenvalue weighted by atomic mass is 16.4. The molecule has 2 N–H and O–H groups in total. The Morgan fingerprint density at radius 2 is 1.88 bits per heavy atom. The first-order valence-electron chi connectivity index (χ1n) is 6.23. The lowest BCUT2D eigenvalue weighted by atomic mass is 10.2. The van der Waals surface area contributed by atoms with E-state index < -0.39 is 12.0 Å². The van der Waals surface area contributed by atoms with Crippen molar-refractivity contribution < 1.29 is 14.7 Å². The highest BCUT2D eigenvalue weighted by molar-refractivity contribution is 5.82. The molecule has 0 bridgehead atoms. The van der Waals surface area contributed by atoms with E-state index in [0.717, 1.165) is 19.3 Å². The Kier molecular flexibility index (Phi) is 7.34. The van der Waals surface area contributed by atoms with Crippen molar-refractivity contribution in [1.82, 2.24) is 10.2 Å². The number of hydrogen-bond donors (Lipinski definition) is 2. The van der Waals surface area contributed by atoms with Gasteiger partial charge in [-0.3, -0.25) is 4.79 Å². The molecule has 0 aromatic heterocycles. The van der Waals surface area contributed by atoms with E-state index >= 15 is 0 Å². The molecule has 2 amide bonds. The van der Waals surface area contributed by atoms with Crippen molar-refractivity contribution >= 4 is 12.0 Å². The van der Waals surface area contributed by atoms with Crippen LogP contribution in [0, 0.1) is 0 Å². The summed E-state index contributed by atoms with van der Waals surface area (Å²) in [4.78, 5) is 24.3. The van der Waals surface area contributed by atoms with Crippen LogP contribution in [-0.4, -0.2) is 40.6 Å². The molecule has 0 aromatic rings. The fourth-order valence-corrected chi connectivity index (χ4v) is 1.40. The van der Waals surface area contributed by atoms with Gasteiger partial charge >= 0.3 is 12.0 Å². The van der Waals surface area contributed by atoms with Crippen LogP contribution in [0.3, 0.4) is 0 Å². The van der Waals surface area contributed by atoms with Crippen molar-refractivity contribution in [2.45, 2.75) is 59.0 Å². The number of carbonyl (C=O) groups is 2. The van der Waals surface area contributed by atoms with Crippen LogP contribution in [0.15, 0.2) is 0 Å². The Morgan fingerprint density at radius 1 is 1.29 bits per heavy atom. The molecule has 0 spiro atoms. The van der Waals surface area contributed by atoms with Gasteiger partial charge in [0.25, 0.3) is 0 Å². The summed E-state index contributed by atoms with van der Waals surface area (Å²) in [5.41, 5.74) is 0. The fraction of sp³-hybridized carbons (Fsp3) is 0.833. The predicted octanol–water partition coefficient (Wildman–Crippen LogP) is 2.07. The molecule has 0 aliphatic rings. The van der Waals surface area contributed by atoms with Crippen LogP contribution in [0.2, 0.25) is 0 Å². The summed E-state index contributed by atoms with van der Waals surface area (Å²) in [7, 11) is 0. The van der Waals surface area contributed by atoms with Crippen molar-refractivity contribution in [1.29, 1.82) is 0 Å². The highest BCUT2D eigenvalue weighted by Gasteiger charge is 2.21. The van der Waals surface area contributed by atoms with Crippen LogP contribution < -0.4 is 5.32 Å². The smallest absolute Gasteiger partial charge is 0.325 e. The lowest BCUT2D eigenvalue weighted by Crippen LogP contribution is -2.50. The second-order valence-electron chi connectivity index (χ2n) is 4.31. The van der Waals surface area contributed by atoms with E-state index in [4.69, 9.17) is 5.11 Å². The van der Waals surface area contributed by atoms with Crippen LogP contribution in [0.1, 0.15) is 47.0 Å². The molecule has 0 saturated heterocycles. The molecule has 0 aliphatic carbocycles. The van der Waals surface area contributed by atoms with Gasteiger partial charge in [-0.1, -0.05) is 20.3 Å². The molecule has 17 heavy (non-hydrogen) atoms. The Balaban J connectivity index is 4.46. The Labute approximate surface area is 103 Å². The lowest BCUT2D eigenvalue weighted by Gasteiger charge is -2.29. The van der Waals surface area contributed by atoms with Gasteiger partial charge < -0.3 is 15.3 Å². The van der Waals surface area contributed by atoms with Crippen LogP contribution in [-0.2, 0) is 4.79 Å². The van der Waals surface area contributed by atoms with Crippen molar-refractivity contribution in [2.75, 3.05) is 6.54 Å². The van der Waals surface area contributed by atoms with Gasteiger partial charge in [-0.25, -0.2) is 4.79 Å². The van der Waals surface area contributed by atoms with Gasteiger partial charge in [0.15, 0.2) is 0 Å². The van der Waals surface area contributed by atoms with E-state index in [1.807, 2.05) is 13.8 Å². The maximum absolute atomic E-state index is 11.9. The minimum atomic E-state index is -1.02. The molecule has 0 aromatic carbocycles. The summed E-state index contributed by atoms with van der Waals surface area (Å²) >= 11 is 0. The van der Waals surface area contributed by atoms with Crippen LogP contribution >= 0.6 is 0 Å². The summed E-state index contributed by atoms with van der Waals surface area (Å²) < 4.78 is 0. The second kappa shape index (κ2) is 7.92. The maximum atomic E-state index is 11.9. The van der Waals surface area contributed by atoms with Gasteiger partial charge in [0.2, 0.25) is 0 Å². The summed E-state index contributed by atoms with van der Waals surface area (Å²) in [6.07, 6.45) is 2.80. The summed E-state index contributed by atoms with van der Waals surface area (Å²) in [5.74, 6) is -1.02. The number of carboxylic acid groups (broad SMARTS) is 1. The first-order valence-corrected chi connectivity index (χ1v) is 6.23. The number of unbranched alkanes of at least 4 members (excludes halogenated alkanes) is 1. The number of nitrogens with one attached hydrogen (secondary N) is 1. The number of aliphatic carboxylic acids is 1. The van der Waals surface area contributed by atoms with Crippen LogP contribution in [0.25, 0.3) is 0 Å². The molecule has 1 unspecified atom stereocenters. The highest BCUT2D eigenvalue weighted by Crippen LogP contribution is 2.06. The molecule has 0 aliphatic heterocycles. The maximum Gasteiger partial charge on any atom is 0.325 e. The van der Waals surface area contributed by atoms with Gasteiger partial charge in [-0.05, 0) is 26.7 Å². The SMILES string of the molecule is CCCCN(C(=O)N[C@H](C)C(=O)O)C(C)CC. The minimum Gasteiger partial charge on any atom is -0.480 e. The predicted molar refractivity (Wildman–Crippen MR) is 67.0 cm³/mol. The normalized spacial score (nSPS) is 13.9. The monoisotopic (exact) mass is 244 g/mol. The average molecular weight is 244 g/mol. The van der Waals surface area contributed by atoms with Crippen molar-refractivity contribution in [3.05, 3.63) is 0 Å². The molecule has 0 fully saturated rings. The third kappa shape index (κ3) is 5.56. The van der Waals surface area contributed by atoms with Gasteiger partial charge in [0.05, 0.1) is 0 Å². The number of amides is 2. The number of rotatable bonds is 7. The fourth-order valence-electron chi connectivity index (χ4n) is 1.40. The lowest BCUT2D eigenvalue weighted by molar-refractivity contribution is -0.138. The second-order valence-corrected chi connectivity index (χ2v) is 4.31. The topological polar surface area (TPSA) is 69.6 Å². The van der Waals surface area contributed by atoms with E-state index in [1.54, 1.807) is 4.90 Å². The zero-order valence-electron chi connectivity index (χ0n) is 11.2. The third-order valence-corrected chi connectivity index (χ3v) is 2.85. The van der Waals surface area contributed by atoms with Crippen molar-refractivity contribution in [3.8, 4) is 0 Å². The molecule has 0 heterocycles. The average Bonchev–Trinajstić information content (AvgIpc) is 2.28. The van der Waals surface area contributed by atoms with E-state index in [0.29, 0.717) is 6.54 Å². The van der Waals surface area contributed by atoms with Gasteiger partial charge in [-0.15, -0.1) is 0 Å². The number of carboxylic acids is 1. The molecule has 0 radical (unpaired) electrons. The molecular weight excluding hydrogens is 220 g/mol. The standard InChI is InChI=1S/C12H24N2O3/c1-5-7-8-14(9(3)6-2)12(17)13-10(4)11(15)16/h9-10H,5-8H2,1-4H3,(H,13,17)(H,15,16)/t9?,10-/m1/s1. The molecular formula is C12H24N2O3. The van der Waals surface area contributed by atoms with Crippen LogP contribution in [0.5, 0.6) is 0 Å². The zero-order chi connectivity index (χ0) is 13.4. The molecule has 100 valence electrons. The van der Waals surface area contributed by atoms with E-state index in [1.165, 1.54) is 6.92 Å². The number of urea groups is 1. The van der Waals surface area contributed by atoms with Crippen molar-refractivity contribution in [2.24, 2.45) is 0 Å². The summed E-state index contributed by atoms with van der Waals surface area (Å²) in [6.45, 7) is 8.18. The molecule has 0 saturated carbocycles. The third-order valence-electron chi connectivity index (χ3n) is 2.85. The Morgan fingerprint density at radius 3 is 2.29 bits per heavy atom. The van der Waals surface area contributed by atoms with Crippen molar-refractivity contribution in [3.63, 3.8) is 0 Å². The van der Waals surface area contributed by atoms with Crippen LogP contribution in [0.4, 0.5) is 4.79 Å². The van der Waals surface area contributed by atoms with E-state index in [-0.39, 0.29) is 12.1 Å². The molecule has 2 atom stereocenters. The first kappa shape index (κ1) is 15.7. The molecule has 5 nitrogen and oxygen atoms in total. The quantitative estimate of drug-likeness (QED) is 0.720. The Hall–Kier alpha value is -1.26. The van der Waals surface area contributed by atoms with E-state index in [9.17, 15) is 9.59 Å². The van der Waals surface area contributed by atoms with Gasteiger partial charge in [-0.2, -0.15) is 0 Å². The van der Waals surface area contributed by atoms with Gasteiger partial charge in [0, 0.05) is 12.6 Å². The minimum absolute atomic E-state index is 0.127. The number of nitrogens with zero attached hydrogens (tertiary/aromatic N) is 1. The molecule has 5 heteroatoms. The zero-order valence-corrected chi connectivity index (χ0v) is 11.2. The Bertz CT molecular complexity index is 256. The summed E-state index contributed by atoms with van der Waals surface area (Å²) in [5, 5.41) is 11.2. The van der Waals surface area contributed by atoms with E-state index in [2.05, 4.69) is 12.2 Å².